The molecule has 0 spiro atoms. The number of aliphatic hydroxyl groups is 3. The van der Waals surface area contributed by atoms with Gasteiger partial charge in [0, 0.05) is 5.56 Å². The summed E-state index contributed by atoms with van der Waals surface area (Å²) in [6.45, 7) is 2.26. The first kappa shape index (κ1) is 27.6. The molecule has 0 amide bonds. The summed E-state index contributed by atoms with van der Waals surface area (Å²) in [6, 6.07) is 8.77. The van der Waals surface area contributed by atoms with Crippen molar-refractivity contribution in [2.45, 2.75) is 62.6 Å². The van der Waals surface area contributed by atoms with E-state index < -0.39 is 34.2 Å². The summed E-state index contributed by atoms with van der Waals surface area (Å²) < 4.78 is 82.3. The molecule has 2 unspecified atom stereocenters. The molecule has 3 rings (SSSR count). The minimum Gasteiger partial charge on any atom is -0.392 e. The normalized spacial score (nSPS) is 19.9. The smallest absolute Gasteiger partial charge is 0.392 e. The van der Waals surface area contributed by atoms with E-state index in [0.717, 1.165) is 24.8 Å². The molecule has 0 saturated carbocycles. The highest BCUT2D eigenvalue weighted by molar-refractivity contribution is 8.03. The number of hydrogen-bond donors (Lipinski definition) is 3. The Kier molecular flexibility index (Phi) is 7.72. The van der Waals surface area contributed by atoms with Crippen molar-refractivity contribution < 1.29 is 41.7 Å². The number of alkyl halides is 6. The first-order valence-corrected chi connectivity index (χ1v) is 11.7. The zero-order valence-electron chi connectivity index (χ0n) is 19.0. The summed E-state index contributed by atoms with van der Waals surface area (Å²) >= 11 is 1.13. The molecule has 0 radical (unpaired) electrons. The van der Waals surface area contributed by atoms with Gasteiger partial charge in [-0.2, -0.15) is 26.3 Å². The quantitative estimate of drug-likeness (QED) is 0.391. The molecular formula is C25H26F6O3S. The first-order valence-electron chi connectivity index (χ1n) is 10.8. The molecule has 3 N–H and O–H groups in total. The van der Waals surface area contributed by atoms with Crippen LogP contribution < -0.4 is 0 Å². The summed E-state index contributed by atoms with van der Waals surface area (Å²) in [6.07, 6.45) is -9.85. The molecule has 1 heterocycles. The molecule has 35 heavy (non-hydrogen) atoms. The average molecular weight is 521 g/mol. The molecule has 10 heteroatoms. The van der Waals surface area contributed by atoms with Gasteiger partial charge in [0.1, 0.15) is 0 Å². The number of benzene rings is 2. The minimum absolute atomic E-state index is 0.169. The summed E-state index contributed by atoms with van der Waals surface area (Å²) in [5.74, 6) is -0.472. The Hall–Kier alpha value is -2.01. The highest BCUT2D eigenvalue weighted by Gasteiger charge is 2.73. The zero-order chi connectivity index (χ0) is 26.2. The molecule has 3 nitrogen and oxygen atoms in total. The molecule has 0 fully saturated rings. The maximum atomic E-state index is 13.9. The minimum atomic E-state index is -6.00. The van der Waals surface area contributed by atoms with Crippen molar-refractivity contribution >= 4 is 11.8 Å². The number of halogens is 6. The molecular weight excluding hydrogens is 494 g/mol. The lowest BCUT2D eigenvalue weighted by molar-refractivity contribution is -0.376. The van der Waals surface area contributed by atoms with Gasteiger partial charge in [-0.05, 0) is 58.9 Å². The van der Waals surface area contributed by atoms with Gasteiger partial charge in [0.25, 0.3) is 5.60 Å². The maximum Gasteiger partial charge on any atom is 0.430 e. The second kappa shape index (κ2) is 9.80. The van der Waals surface area contributed by atoms with Crippen LogP contribution in [0.3, 0.4) is 0 Å². The average Bonchev–Trinajstić information content (AvgIpc) is 3.28. The zero-order valence-corrected chi connectivity index (χ0v) is 19.9. The van der Waals surface area contributed by atoms with E-state index in [2.05, 4.69) is 0 Å². The summed E-state index contributed by atoms with van der Waals surface area (Å²) in [5.41, 5.74) is -5.03. The fourth-order valence-electron chi connectivity index (χ4n) is 4.77. The van der Waals surface area contributed by atoms with Gasteiger partial charge in [0.2, 0.25) is 0 Å². The van der Waals surface area contributed by atoms with E-state index in [1.165, 1.54) is 12.1 Å². The third-order valence-electron chi connectivity index (χ3n) is 6.66. The number of hydrogen-bond acceptors (Lipinski definition) is 4. The summed E-state index contributed by atoms with van der Waals surface area (Å²) in [5, 5.41) is 31.0. The van der Waals surface area contributed by atoms with Gasteiger partial charge in [-0.1, -0.05) is 49.4 Å². The maximum absolute atomic E-state index is 13.9. The lowest BCUT2D eigenvalue weighted by atomic mass is 9.73. The third kappa shape index (κ3) is 4.73. The Bertz CT molecular complexity index is 1070. The monoisotopic (exact) mass is 520 g/mol. The van der Waals surface area contributed by atoms with Crippen molar-refractivity contribution in [3.8, 4) is 0 Å². The van der Waals surface area contributed by atoms with Crippen LogP contribution in [0, 0.1) is 12.8 Å². The summed E-state index contributed by atoms with van der Waals surface area (Å²) in [7, 11) is 0. The second-order valence-electron chi connectivity index (χ2n) is 8.81. The van der Waals surface area contributed by atoms with E-state index in [-0.39, 0.29) is 37.2 Å². The van der Waals surface area contributed by atoms with Crippen molar-refractivity contribution in [3.63, 3.8) is 0 Å². The fraction of sp³-hybridized carbons (Fsp3) is 0.440. The van der Waals surface area contributed by atoms with Gasteiger partial charge >= 0.3 is 12.4 Å². The predicted molar refractivity (Wildman–Crippen MR) is 121 cm³/mol. The van der Waals surface area contributed by atoms with Crippen LogP contribution in [0.4, 0.5) is 26.3 Å². The van der Waals surface area contributed by atoms with E-state index in [1.54, 1.807) is 36.6 Å². The summed E-state index contributed by atoms with van der Waals surface area (Å²) in [4.78, 5) is 0. The van der Waals surface area contributed by atoms with Crippen LogP contribution in [0.15, 0.2) is 47.9 Å². The molecule has 2 aromatic carbocycles. The van der Waals surface area contributed by atoms with Crippen molar-refractivity contribution in [1.82, 2.24) is 0 Å². The van der Waals surface area contributed by atoms with Crippen LogP contribution in [-0.4, -0.2) is 27.7 Å². The van der Waals surface area contributed by atoms with Gasteiger partial charge in [0.15, 0.2) is 0 Å². The molecule has 0 aliphatic carbocycles. The van der Waals surface area contributed by atoms with E-state index in [9.17, 15) is 41.7 Å². The van der Waals surface area contributed by atoms with Crippen molar-refractivity contribution in [1.29, 1.82) is 0 Å². The molecule has 1 aliphatic heterocycles. The Morgan fingerprint density at radius 2 is 1.60 bits per heavy atom. The number of aliphatic hydroxyl groups excluding tert-OH is 2. The molecule has 2 atom stereocenters. The number of thioether (sulfide) groups is 1. The van der Waals surface area contributed by atoms with E-state index >= 15 is 0 Å². The van der Waals surface area contributed by atoms with Crippen LogP contribution in [0.2, 0.25) is 0 Å². The van der Waals surface area contributed by atoms with E-state index in [4.69, 9.17) is 0 Å². The molecule has 1 aliphatic rings. The van der Waals surface area contributed by atoms with Crippen LogP contribution in [0.25, 0.3) is 0 Å². The largest absolute Gasteiger partial charge is 0.430 e. The third-order valence-corrected chi connectivity index (χ3v) is 8.19. The van der Waals surface area contributed by atoms with Gasteiger partial charge < -0.3 is 15.3 Å². The number of allylic oxidation sites excluding steroid dienone is 1. The number of aryl methyl sites for hydroxylation is 1. The molecule has 0 saturated heterocycles. The van der Waals surface area contributed by atoms with Crippen LogP contribution in [0.1, 0.15) is 46.7 Å². The van der Waals surface area contributed by atoms with Crippen LogP contribution in [0.5, 0.6) is 0 Å². The van der Waals surface area contributed by atoms with Crippen molar-refractivity contribution in [2.75, 3.05) is 0 Å². The first-order chi connectivity index (χ1) is 16.2. The lowest BCUT2D eigenvalue weighted by Gasteiger charge is -2.42. The molecule has 2 aromatic rings. The van der Waals surface area contributed by atoms with Crippen molar-refractivity contribution in [2.24, 2.45) is 5.92 Å². The highest BCUT2D eigenvalue weighted by Crippen LogP contribution is 2.58. The lowest BCUT2D eigenvalue weighted by Crippen LogP contribution is -2.55. The molecule has 192 valence electrons. The SMILES string of the molecule is Cc1cccc(C2(C(C)Cc3ccc(CO)c(CO)c3)CC=CS2)c1C(O)(C(F)(F)F)C(F)(F)F. The van der Waals surface area contributed by atoms with Gasteiger partial charge in [-0.25, -0.2) is 0 Å². The van der Waals surface area contributed by atoms with Gasteiger partial charge in [0.05, 0.1) is 18.0 Å². The van der Waals surface area contributed by atoms with Crippen LogP contribution in [-0.2, 0) is 30.0 Å². The van der Waals surface area contributed by atoms with Crippen LogP contribution >= 0.6 is 11.8 Å². The molecule has 0 aromatic heterocycles. The Morgan fingerprint density at radius 1 is 0.971 bits per heavy atom. The van der Waals surface area contributed by atoms with E-state index in [1.807, 2.05) is 0 Å². The van der Waals surface area contributed by atoms with Crippen molar-refractivity contribution in [3.05, 3.63) is 81.3 Å². The van der Waals surface area contributed by atoms with E-state index in [0.29, 0.717) is 16.7 Å². The second-order valence-corrected chi connectivity index (χ2v) is 10.0. The topological polar surface area (TPSA) is 60.7 Å². The predicted octanol–water partition coefficient (Wildman–Crippen LogP) is 6.02. The highest BCUT2D eigenvalue weighted by atomic mass is 32.2. The number of rotatable bonds is 7. The standard InChI is InChI=1S/C25H26F6O3S/c1-15-5-3-6-20(21(15)23(34,24(26,27)28)25(29,30)31)22(9-4-10-35-22)16(2)11-17-7-8-18(13-32)19(12-17)14-33/h3-8,10,12,16,32-34H,9,11,13-14H2,1-2H3. The fourth-order valence-corrected chi connectivity index (χ4v) is 6.01. The molecule has 0 bridgehead atoms. The van der Waals surface area contributed by atoms with Gasteiger partial charge in [-0.3, -0.25) is 0 Å². The Morgan fingerprint density at radius 3 is 2.11 bits per heavy atom. The van der Waals surface area contributed by atoms with Gasteiger partial charge in [-0.15, -0.1) is 11.8 Å². The Balaban J connectivity index is 2.18. The Labute approximate surface area is 203 Å².